The Hall–Kier alpha value is -3.64. The molecule has 4 rings (SSSR count). The Morgan fingerprint density at radius 2 is 1.87 bits per heavy atom. The number of carbonyl (C=O) groups excluding carboxylic acids is 1. The van der Waals surface area contributed by atoms with Crippen molar-refractivity contribution >= 4 is 23.2 Å². The van der Waals surface area contributed by atoms with Crippen molar-refractivity contribution in [3.63, 3.8) is 0 Å². The van der Waals surface area contributed by atoms with Crippen LogP contribution in [0.1, 0.15) is 5.56 Å². The second-order valence-corrected chi connectivity index (χ2v) is 7.07. The number of benzene rings is 3. The first kappa shape index (κ1) is 19.7. The number of aromatic nitrogens is 2. The molecule has 0 fully saturated rings. The lowest BCUT2D eigenvalue weighted by molar-refractivity contribution is -0.118. The molecule has 0 bridgehead atoms. The fraction of sp³-hybridized carbons (Fsp3) is 0.0870. The van der Waals surface area contributed by atoms with Gasteiger partial charge in [0.05, 0.1) is 5.56 Å². The number of halogens is 1. The van der Waals surface area contributed by atoms with E-state index in [-0.39, 0.29) is 12.5 Å². The van der Waals surface area contributed by atoms with Gasteiger partial charge in [-0.15, -0.1) is 0 Å². The van der Waals surface area contributed by atoms with Gasteiger partial charge in [0.2, 0.25) is 5.82 Å². The molecule has 0 spiro atoms. The van der Waals surface area contributed by atoms with Crippen LogP contribution in [0, 0.1) is 6.92 Å². The maximum Gasteiger partial charge on any atom is 0.262 e. The number of hydrogen-bond donors (Lipinski definition) is 1. The standard InChI is InChI=1S/C23H18ClN3O3/c1-15-5-4-6-16(13-15)23-26-22(27-30-23)19-7-2-3-8-20(19)29-14-21(28)25-18-11-9-17(24)10-12-18/h2-13H,14H2,1H3,(H,25,28). The van der Waals surface area contributed by atoms with E-state index in [0.29, 0.717) is 33.7 Å². The largest absolute Gasteiger partial charge is 0.483 e. The highest BCUT2D eigenvalue weighted by atomic mass is 35.5. The molecule has 0 saturated heterocycles. The maximum absolute atomic E-state index is 12.2. The quantitative estimate of drug-likeness (QED) is 0.453. The van der Waals surface area contributed by atoms with E-state index in [4.69, 9.17) is 20.9 Å². The molecule has 1 aromatic heterocycles. The first-order valence-corrected chi connectivity index (χ1v) is 9.65. The van der Waals surface area contributed by atoms with Crippen LogP contribution in [0.2, 0.25) is 5.02 Å². The number of hydrogen-bond acceptors (Lipinski definition) is 5. The summed E-state index contributed by atoms with van der Waals surface area (Å²) in [6, 6.07) is 21.9. The Morgan fingerprint density at radius 1 is 1.07 bits per heavy atom. The number of rotatable bonds is 6. The van der Waals surface area contributed by atoms with E-state index < -0.39 is 0 Å². The third kappa shape index (κ3) is 4.67. The second-order valence-electron chi connectivity index (χ2n) is 6.63. The average Bonchev–Trinajstić information content (AvgIpc) is 3.24. The van der Waals surface area contributed by atoms with Crippen LogP contribution >= 0.6 is 11.6 Å². The minimum Gasteiger partial charge on any atom is -0.483 e. The minimum atomic E-state index is -0.291. The van der Waals surface area contributed by atoms with E-state index >= 15 is 0 Å². The zero-order chi connectivity index (χ0) is 20.9. The van der Waals surface area contributed by atoms with E-state index in [2.05, 4.69) is 15.5 Å². The predicted molar refractivity (Wildman–Crippen MR) is 115 cm³/mol. The van der Waals surface area contributed by atoms with Crippen molar-refractivity contribution in [2.24, 2.45) is 0 Å². The SMILES string of the molecule is Cc1cccc(-c2nc(-c3ccccc3OCC(=O)Nc3ccc(Cl)cc3)no2)c1. The number of anilines is 1. The number of carbonyl (C=O) groups is 1. The summed E-state index contributed by atoms with van der Waals surface area (Å²) in [4.78, 5) is 16.7. The molecule has 0 saturated carbocycles. The van der Waals surface area contributed by atoms with Gasteiger partial charge < -0.3 is 14.6 Å². The summed E-state index contributed by atoms with van der Waals surface area (Å²) in [5.74, 6) is 1.00. The van der Waals surface area contributed by atoms with Crippen molar-refractivity contribution < 1.29 is 14.1 Å². The molecule has 0 aliphatic heterocycles. The van der Waals surface area contributed by atoms with E-state index in [1.807, 2.05) is 49.4 Å². The van der Waals surface area contributed by atoms with Crippen LogP contribution in [0.5, 0.6) is 5.75 Å². The Morgan fingerprint density at radius 3 is 2.67 bits per heavy atom. The molecule has 6 nitrogen and oxygen atoms in total. The smallest absolute Gasteiger partial charge is 0.262 e. The van der Waals surface area contributed by atoms with Gasteiger partial charge in [0.15, 0.2) is 6.61 Å². The van der Waals surface area contributed by atoms with Gasteiger partial charge in [-0.1, -0.05) is 46.6 Å². The average molecular weight is 420 g/mol. The van der Waals surface area contributed by atoms with Crippen LogP contribution in [0.25, 0.3) is 22.8 Å². The van der Waals surface area contributed by atoms with Crippen LogP contribution < -0.4 is 10.1 Å². The Labute approximate surface area is 178 Å². The van der Waals surface area contributed by atoms with E-state index in [0.717, 1.165) is 11.1 Å². The summed E-state index contributed by atoms with van der Waals surface area (Å²) < 4.78 is 11.1. The molecule has 30 heavy (non-hydrogen) atoms. The third-order valence-electron chi connectivity index (χ3n) is 4.31. The molecular formula is C23H18ClN3O3. The number of amides is 1. The number of nitrogens with one attached hydrogen (secondary N) is 1. The zero-order valence-electron chi connectivity index (χ0n) is 16.1. The van der Waals surface area contributed by atoms with Crippen LogP contribution in [-0.4, -0.2) is 22.7 Å². The van der Waals surface area contributed by atoms with Gasteiger partial charge in [-0.25, -0.2) is 0 Å². The number of aryl methyl sites for hydroxylation is 1. The highest BCUT2D eigenvalue weighted by Crippen LogP contribution is 2.29. The van der Waals surface area contributed by atoms with Crippen molar-refractivity contribution in [2.75, 3.05) is 11.9 Å². The normalized spacial score (nSPS) is 10.6. The van der Waals surface area contributed by atoms with E-state index in [9.17, 15) is 4.79 Å². The van der Waals surface area contributed by atoms with Crippen molar-refractivity contribution in [3.8, 4) is 28.6 Å². The summed E-state index contributed by atoms with van der Waals surface area (Å²) in [6.45, 7) is 1.83. The molecule has 1 N–H and O–H groups in total. The highest BCUT2D eigenvalue weighted by molar-refractivity contribution is 6.30. The molecule has 0 aliphatic rings. The molecule has 150 valence electrons. The van der Waals surface area contributed by atoms with Crippen molar-refractivity contribution in [3.05, 3.63) is 83.4 Å². The first-order chi connectivity index (χ1) is 14.6. The summed E-state index contributed by atoms with van der Waals surface area (Å²) >= 11 is 5.86. The van der Waals surface area contributed by atoms with Gasteiger partial charge in [0.25, 0.3) is 11.8 Å². The van der Waals surface area contributed by atoms with E-state index in [1.54, 1.807) is 30.3 Å². The predicted octanol–water partition coefficient (Wildman–Crippen LogP) is 5.38. The monoisotopic (exact) mass is 419 g/mol. The minimum absolute atomic E-state index is 0.164. The number of para-hydroxylation sites is 1. The van der Waals surface area contributed by atoms with Crippen LogP contribution in [0.3, 0.4) is 0 Å². The molecule has 1 heterocycles. The summed E-state index contributed by atoms with van der Waals surface area (Å²) in [5.41, 5.74) is 3.22. The molecule has 0 unspecified atom stereocenters. The first-order valence-electron chi connectivity index (χ1n) is 9.27. The fourth-order valence-corrected chi connectivity index (χ4v) is 3.01. The topological polar surface area (TPSA) is 77.2 Å². The van der Waals surface area contributed by atoms with E-state index in [1.165, 1.54) is 0 Å². The second kappa shape index (κ2) is 8.80. The van der Waals surface area contributed by atoms with Crippen LogP contribution in [-0.2, 0) is 4.79 Å². The lowest BCUT2D eigenvalue weighted by atomic mass is 10.1. The lowest BCUT2D eigenvalue weighted by Crippen LogP contribution is -2.20. The maximum atomic E-state index is 12.2. The molecule has 7 heteroatoms. The van der Waals surface area contributed by atoms with Gasteiger partial charge in [0, 0.05) is 16.3 Å². The van der Waals surface area contributed by atoms with Gasteiger partial charge in [-0.05, 0) is 55.5 Å². The van der Waals surface area contributed by atoms with Gasteiger partial charge in [0.1, 0.15) is 5.75 Å². The molecule has 1 amide bonds. The third-order valence-corrected chi connectivity index (χ3v) is 4.56. The van der Waals surface area contributed by atoms with Gasteiger partial charge >= 0.3 is 0 Å². The van der Waals surface area contributed by atoms with Crippen molar-refractivity contribution in [1.29, 1.82) is 0 Å². The molecular weight excluding hydrogens is 402 g/mol. The van der Waals surface area contributed by atoms with Crippen molar-refractivity contribution in [1.82, 2.24) is 10.1 Å². The molecule has 0 atom stereocenters. The number of ether oxygens (including phenoxy) is 1. The van der Waals surface area contributed by atoms with Gasteiger partial charge in [-0.3, -0.25) is 4.79 Å². The Bertz CT molecular complexity index is 1170. The summed E-state index contributed by atoms with van der Waals surface area (Å²) in [6.07, 6.45) is 0. The zero-order valence-corrected chi connectivity index (χ0v) is 16.9. The van der Waals surface area contributed by atoms with Crippen LogP contribution in [0.4, 0.5) is 5.69 Å². The molecule has 0 aliphatic carbocycles. The Balaban J connectivity index is 1.48. The molecule has 4 aromatic rings. The highest BCUT2D eigenvalue weighted by Gasteiger charge is 2.15. The summed E-state index contributed by atoms with van der Waals surface area (Å²) in [7, 11) is 0. The molecule has 0 radical (unpaired) electrons. The lowest BCUT2D eigenvalue weighted by Gasteiger charge is -2.10. The fourth-order valence-electron chi connectivity index (χ4n) is 2.88. The summed E-state index contributed by atoms with van der Waals surface area (Å²) in [5, 5.41) is 7.43. The molecule has 3 aromatic carbocycles. The van der Waals surface area contributed by atoms with Crippen LogP contribution in [0.15, 0.2) is 77.3 Å². The Kier molecular flexibility index (Phi) is 5.77. The van der Waals surface area contributed by atoms with Crippen molar-refractivity contribution in [2.45, 2.75) is 6.92 Å². The van der Waals surface area contributed by atoms with Gasteiger partial charge in [-0.2, -0.15) is 4.98 Å². The number of nitrogens with zero attached hydrogens (tertiary/aromatic N) is 2.